The zero-order valence-corrected chi connectivity index (χ0v) is 12.4. The average molecular weight is 348 g/mol. The zero-order valence-electron chi connectivity index (χ0n) is 10.8. The standard InChI is InChI=1S/C14H10BrN3O3/c15-7-11-6-12(18(19)20)3-4-14(11)21-9-10-2-1-5-17-13(10)8-16/h1-6H,7,9H2. The largest absolute Gasteiger partial charge is 0.488 e. The number of pyridine rings is 1. The second kappa shape index (κ2) is 6.81. The third kappa shape index (κ3) is 3.55. The fourth-order valence-corrected chi connectivity index (χ4v) is 2.17. The summed E-state index contributed by atoms with van der Waals surface area (Å²) >= 11 is 3.28. The molecule has 0 fully saturated rings. The minimum Gasteiger partial charge on any atom is -0.488 e. The Morgan fingerprint density at radius 3 is 2.86 bits per heavy atom. The maximum Gasteiger partial charge on any atom is 0.270 e. The molecule has 21 heavy (non-hydrogen) atoms. The van der Waals surface area contributed by atoms with E-state index < -0.39 is 4.92 Å². The van der Waals surface area contributed by atoms with Crippen LogP contribution >= 0.6 is 15.9 Å². The lowest BCUT2D eigenvalue weighted by molar-refractivity contribution is -0.384. The summed E-state index contributed by atoms with van der Waals surface area (Å²) in [5, 5.41) is 20.1. The summed E-state index contributed by atoms with van der Waals surface area (Å²) in [5.74, 6) is 0.533. The van der Waals surface area contributed by atoms with Crippen molar-refractivity contribution in [2.45, 2.75) is 11.9 Å². The van der Waals surface area contributed by atoms with Gasteiger partial charge in [-0.05, 0) is 12.1 Å². The Morgan fingerprint density at radius 1 is 1.38 bits per heavy atom. The number of rotatable bonds is 5. The highest BCUT2D eigenvalue weighted by Crippen LogP contribution is 2.27. The van der Waals surface area contributed by atoms with E-state index in [1.165, 1.54) is 18.3 Å². The molecule has 0 unspecified atom stereocenters. The van der Waals surface area contributed by atoms with Crippen LogP contribution in [0.25, 0.3) is 0 Å². The van der Waals surface area contributed by atoms with Gasteiger partial charge in [-0.1, -0.05) is 22.0 Å². The van der Waals surface area contributed by atoms with Crippen LogP contribution in [0.2, 0.25) is 0 Å². The van der Waals surface area contributed by atoms with Gasteiger partial charge in [-0.15, -0.1) is 0 Å². The molecule has 1 heterocycles. The highest BCUT2D eigenvalue weighted by molar-refractivity contribution is 9.08. The Morgan fingerprint density at radius 2 is 2.19 bits per heavy atom. The summed E-state index contributed by atoms with van der Waals surface area (Å²) in [4.78, 5) is 14.2. The van der Waals surface area contributed by atoms with Gasteiger partial charge in [0.05, 0.1) is 4.92 Å². The SMILES string of the molecule is N#Cc1ncccc1COc1ccc([N+](=O)[O-])cc1CBr. The molecule has 0 saturated heterocycles. The summed E-state index contributed by atoms with van der Waals surface area (Å²) < 4.78 is 5.65. The first-order valence-corrected chi connectivity index (χ1v) is 7.08. The first kappa shape index (κ1) is 14.9. The van der Waals surface area contributed by atoms with Crippen LogP contribution in [0.5, 0.6) is 5.75 Å². The number of alkyl halides is 1. The van der Waals surface area contributed by atoms with E-state index in [4.69, 9.17) is 10.00 Å². The molecule has 0 aliphatic rings. The molecule has 6 nitrogen and oxygen atoms in total. The van der Waals surface area contributed by atoms with Crippen LogP contribution in [0.3, 0.4) is 0 Å². The normalized spacial score (nSPS) is 9.90. The van der Waals surface area contributed by atoms with Gasteiger partial charge in [-0.3, -0.25) is 10.1 Å². The van der Waals surface area contributed by atoms with E-state index in [0.717, 1.165) is 0 Å². The van der Waals surface area contributed by atoms with Crippen LogP contribution in [0.1, 0.15) is 16.8 Å². The van der Waals surface area contributed by atoms with E-state index in [1.807, 2.05) is 6.07 Å². The minimum absolute atomic E-state index is 0.0101. The molecular weight excluding hydrogens is 338 g/mol. The van der Waals surface area contributed by atoms with Crippen molar-refractivity contribution in [1.82, 2.24) is 4.98 Å². The van der Waals surface area contributed by atoms with Crippen molar-refractivity contribution in [2.24, 2.45) is 0 Å². The van der Waals surface area contributed by atoms with Crippen LogP contribution in [0.4, 0.5) is 5.69 Å². The van der Waals surface area contributed by atoms with Crippen molar-refractivity contribution in [3.8, 4) is 11.8 Å². The van der Waals surface area contributed by atoms with Crippen molar-refractivity contribution in [3.63, 3.8) is 0 Å². The second-order valence-electron chi connectivity index (χ2n) is 4.09. The molecule has 1 aromatic heterocycles. The van der Waals surface area contributed by atoms with Gasteiger partial charge in [0, 0.05) is 34.8 Å². The molecule has 7 heteroatoms. The molecule has 0 aliphatic heterocycles. The lowest BCUT2D eigenvalue weighted by atomic mass is 10.2. The quantitative estimate of drug-likeness (QED) is 0.470. The number of halogens is 1. The second-order valence-corrected chi connectivity index (χ2v) is 4.66. The molecular formula is C14H10BrN3O3. The van der Waals surface area contributed by atoms with E-state index in [0.29, 0.717) is 27.9 Å². The van der Waals surface area contributed by atoms with E-state index >= 15 is 0 Å². The summed E-state index contributed by atoms with van der Waals surface area (Å²) in [7, 11) is 0. The molecule has 0 aliphatic carbocycles. The number of hydrogen-bond acceptors (Lipinski definition) is 5. The number of non-ortho nitro benzene ring substituents is 1. The van der Waals surface area contributed by atoms with Gasteiger partial charge in [-0.2, -0.15) is 5.26 Å². The molecule has 2 rings (SSSR count). The predicted octanol–water partition coefficient (Wildman–Crippen LogP) is 3.34. The van der Waals surface area contributed by atoms with Crippen molar-refractivity contribution in [2.75, 3.05) is 0 Å². The lowest BCUT2D eigenvalue weighted by Gasteiger charge is -2.10. The molecule has 106 valence electrons. The Balaban J connectivity index is 2.20. The van der Waals surface area contributed by atoms with Crippen LogP contribution < -0.4 is 4.74 Å². The lowest BCUT2D eigenvalue weighted by Crippen LogP contribution is -2.02. The van der Waals surface area contributed by atoms with Crippen LogP contribution in [-0.2, 0) is 11.9 Å². The zero-order chi connectivity index (χ0) is 15.2. The Hall–Kier alpha value is -2.46. The van der Waals surface area contributed by atoms with Gasteiger partial charge in [0.1, 0.15) is 24.1 Å². The van der Waals surface area contributed by atoms with Crippen molar-refractivity contribution >= 4 is 21.6 Å². The molecule has 1 aromatic carbocycles. The summed E-state index contributed by atoms with van der Waals surface area (Å²) in [6.07, 6.45) is 1.54. The monoisotopic (exact) mass is 347 g/mol. The van der Waals surface area contributed by atoms with Crippen LogP contribution in [0.15, 0.2) is 36.5 Å². The maximum absolute atomic E-state index is 10.7. The van der Waals surface area contributed by atoms with Crippen LogP contribution in [-0.4, -0.2) is 9.91 Å². The van der Waals surface area contributed by atoms with Gasteiger partial charge in [0.2, 0.25) is 0 Å². The number of nitro groups is 1. The first-order chi connectivity index (χ1) is 10.2. The van der Waals surface area contributed by atoms with Crippen molar-refractivity contribution < 1.29 is 9.66 Å². The molecule has 0 atom stereocenters. The third-order valence-corrected chi connectivity index (χ3v) is 3.38. The Labute approximate surface area is 129 Å². The topological polar surface area (TPSA) is 89.0 Å². The van der Waals surface area contributed by atoms with E-state index in [9.17, 15) is 10.1 Å². The van der Waals surface area contributed by atoms with Crippen LogP contribution in [0, 0.1) is 21.4 Å². The number of nitriles is 1. The number of benzene rings is 1. The smallest absolute Gasteiger partial charge is 0.270 e. The van der Waals surface area contributed by atoms with Crippen molar-refractivity contribution in [1.29, 1.82) is 5.26 Å². The predicted molar refractivity (Wildman–Crippen MR) is 79.0 cm³/mol. The summed E-state index contributed by atoms with van der Waals surface area (Å²) in [6, 6.07) is 9.87. The molecule has 2 aromatic rings. The third-order valence-electron chi connectivity index (χ3n) is 2.78. The fourth-order valence-electron chi connectivity index (χ4n) is 1.74. The fraction of sp³-hybridized carbons (Fsp3) is 0.143. The molecule has 0 spiro atoms. The van der Waals surface area contributed by atoms with E-state index in [-0.39, 0.29) is 12.3 Å². The average Bonchev–Trinajstić information content (AvgIpc) is 2.52. The molecule has 0 saturated carbocycles. The highest BCUT2D eigenvalue weighted by atomic mass is 79.9. The number of ether oxygens (including phenoxy) is 1. The van der Waals surface area contributed by atoms with Gasteiger partial charge in [0.15, 0.2) is 0 Å². The Bertz CT molecular complexity index is 713. The number of nitro benzene ring substituents is 1. The van der Waals surface area contributed by atoms with Gasteiger partial charge < -0.3 is 4.74 Å². The van der Waals surface area contributed by atoms with Gasteiger partial charge in [0.25, 0.3) is 5.69 Å². The minimum atomic E-state index is -0.454. The summed E-state index contributed by atoms with van der Waals surface area (Å²) in [6.45, 7) is 0.175. The van der Waals surface area contributed by atoms with Crippen molar-refractivity contribution in [3.05, 3.63) is 63.5 Å². The highest BCUT2D eigenvalue weighted by Gasteiger charge is 2.12. The number of aromatic nitrogens is 1. The number of nitrogens with zero attached hydrogens (tertiary/aromatic N) is 3. The Kier molecular flexibility index (Phi) is 4.85. The molecule has 0 bridgehead atoms. The van der Waals surface area contributed by atoms with Gasteiger partial charge in [-0.25, -0.2) is 4.98 Å². The first-order valence-electron chi connectivity index (χ1n) is 5.95. The summed E-state index contributed by atoms with van der Waals surface area (Å²) in [5.41, 5.74) is 1.65. The van der Waals surface area contributed by atoms with E-state index in [2.05, 4.69) is 20.9 Å². The van der Waals surface area contributed by atoms with E-state index in [1.54, 1.807) is 18.2 Å². The number of hydrogen-bond donors (Lipinski definition) is 0. The molecule has 0 N–H and O–H groups in total. The maximum atomic E-state index is 10.7. The van der Waals surface area contributed by atoms with Gasteiger partial charge >= 0.3 is 0 Å². The molecule has 0 amide bonds. The molecule has 0 radical (unpaired) electrons.